The van der Waals surface area contributed by atoms with E-state index < -0.39 is 5.92 Å². The molecule has 3 rings (SSSR count). The van der Waals surface area contributed by atoms with Gasteiger partial charge in [-0.25, -0.2) is 0 Å². The van der Waals surface area contributed by atoms with Crippen LogP contribution < -0.4 is 15.0 Å². The van der Waals surface area contributed by atoms with Crippen molar-refractivity contribution in [3.8, 4) is 5.75 Å². The third-order valence-corrected chi connectivity index (χ3v) is 4.12. The van der Waals surface area contributed by atoms with E-state index in [1.807, 2.05) is 0 Å². The van der Waals surface area contributed by atoms with Crippen molar-refractivity contribution < 1.29 is 18.8 Å². The smallest absolute Gasteiger partial charge is 0.231 e. The molecule has 1 N–H and O–H groups in total. The highest BCUT2D eigenvalue weighted by Gasteiger charge is 2.35. The van der Waals surface area contributed by atoms with Gasteiger partial charge in [-0.2, -0.15) is 0 Å². The largest absolute Gasteiger partial charge is 0.495 e. The van der Waals surface area contributed by atoms with Crippen molar-refractivity contribution in [1.29, 1.82) is 0 Å². The Hall–Kier alpha value is -2.54. The van der Waals surface area contributed by atoms with Crippen molar-refractivity contribution in [1.82, 2.24) is 5.16 Å². The Morgan fingerprint density at radius 3 is 2.88 bits per heavy atom. The fraction of sp³-hybridized carbons (Fsp3) is 0.312. The van der Waals surface area contributed by atoms with Crippen LogP contribution in [-0.2, 0) is 9.59 Å². The maximum atomic E-state index is 12.3. The topological polar surface area (TPSA) is 84.7 Å². The van der Waals surface area contributed by atoms with Gasteiger partial charge in [-0.15, -0.1) is 0 Å². The molecular weight excluding hydrogens is 334 g/mol. The molecule has 2 aromatic rings. The number of benzene rings is 1. The lowest BCUT2D eigenvalue weighted by molar-refractivity contribution is -0.122. The molecule has 8 heteroatoms. The monoisotopic (exact) mass is 349 g/mol. The first kappa shape index (κ1) is 16.3. The molecule has 0 spiro atoms. The average Bonchev–Trinajstić information content (AvgIpc) is 3.13. The van der Waals surface area contributed by atoms with Crippen LogP contribution in [-0.4, -0.2) is 30.6 Å². The van der Waals surface area contributed by atoms with Crippen LogP contribution in [0.5, 0.6) is 5.75 Å². The molecule has 0 radical (unpaired) electrons. The SMILES string of the molecule is COc1ccc(N2CC(C(=O)Nc3cc(C)on3)CC2=O)cc1Cl. The van der Waals surface area contributed by atoms with Crippen LogP contribution in [0.15, 0.2) is 28.8 Å². The number of carbonyl (C=O) groups excluding carboxylic acids is 2. The Kier molecular flexibility index (Phi) is 4.44. The molecule has 126 valence electrons. The molecule has 1 aromatic heterocycles. The van der Waals surface area contributed by atoms with Crippen LogP contribution in [0.2, 0.25) is 5.02 Å². The number of anilines is 2. The maximum absolute atomic E-state index is 12.3. The summed E-state index contributed by atoms with van der Waals surface area (Å²) in [7, 11) is 1.52. The molecular formula is C16H16ClN3O4. The maximum Gasteiger partial charge on any atom is 0.231 e. The van der Waals surface area contributed by atoms with Crippen LogP contribution >= 0.6 is 11.6 Å². The lowest BCUT2D eigenvalue weighted by atomic mass is 10.1. The molecule has 1 fully saturated rings. The van der Waals surface area contributed by atoms with E-state index in [4.69, 9.17) is 20.9 Å². The minimum absolute atomic E-state index is 0.131. The molecule has 1 aliphatic rings. The Morgan fingerprint density at radius 2 is 2.25 bits per heavy atom. The fourth-order valence-electron chi connectivity index (χ4n) is 2.61. The summed E-state index contributed by atoms with van der Waals surface area (Å²) < 4.78 is 10.0. The lowest BCUT2D eigenvalue weighted by Crippen LogP contribution is -2.28. The van der Waals surface area contributed by atoms with Gasteiger partial charge in [0.2, 0.25) is 11.8 Å². The Labute approximate surface area is 143 Å². The summed E-state index contributed by atoms with van der Waals surface area (Å²) in [4.78, 5) is 26.1. The van der Waals surface area contributed by atoms with Gasteiger partial charge in [0.05, 0.1) is 18.1 Å². The summed E-state index contributed by atoms with van der Waals surface area (Å²) in [6.07, 6.45) is 0.131. The third-order valence-electron chi connectivity index (χ3n) is 3.82. The van der Waals surface area contributed by atoms with Gasteiger partial charge in [0.15, 0.2) is 5.82 Å². The second-order valence-corrected chi connectivity index (χ2v) is 5.94. The van der Waals surface area contributed by atoms with Gasteiger partial charge in [0.1, 0.15) is 11.5 Å². The van der Waals surface area contributed by atoms with E-state index >= 15 is 0 Å². The number of halogens is 1. The number of nitrogens with one attached hydrogen (secondary N) is 1. The van der Waals surface area contributed by atoms with Crippen LogP contribution in [0.1, 0.15) is 12.2 Å². The van der Waals surface area contributed by atoms with E-state index in [0.29, 0.717) is 28.0 Å². The fourth-order valence-corrected chi connectivity index (χ4v) is 2.86. The molecule has 24 heavy (non-hydrogen) atoms. The van der Waals surface area contributed by atoms with Crippen molar-refractivity contribution in [2.45, 2.75) is 13.3 Å². The van der Waals surface area contributed by atoms with E-state index in [1.165, 1.54) is 7.11 Å². The first-order valence-corrected chi connectivity index (χ1v) is 7.74. The standard InChI is InChI=1S/C16H16ClN3O4/c1-9-5-14(19-24-9)18-16(22)10-6-15(21)20(8-10)11-3-4-13(23-2)12(17)7-11/h3-5,7,10H,6,8H2,1-2H3,(H,18,19,22). The number of aromatic nitrogens is 1. The number of carbonyl (C=O) groups is 2. The molecule has 1 unspecified atom stereocenters. The Morgan fingerprint density at radius 1 is 1.46 bits per heavy atom. The van der Waals surface area contributed by atoms with Crippen molar-refractivity contribution in [3.63, 3.8) is 0 Å². The summed E-state index contributed by atoms with van der Waals surface area (Å²) in [6, 6.07) is 6.70. The number of aryl methyl sites for hydroxylation is 1. The lowest BCUT2D eigenvalue weighted by Gasteiger charge is -2.17. The number of nitrogens with zero attached hydrogens (tertiary/aromatic N) is 2. The van der Waals surface area contributed by atoms with Gasteiger partial charge in [-0.3, -0.25) is 9.59 Å². The second kappa shape index (κ2) is 6.52. The van der Waals surface area contributed by atoms with Crippen LogP contribution in [0, 0.1) is 12.8 Å². The number of methoxy groups -OCH3 is 1. The zero-order chi connectivity index (χ0) is 17.3. The van der Waals surface area contributed by atoms with E-state index in [-0.39, 0.29) is 24.8 Å². The summed E-state index contributed by atoms with van der Waals surface area (Å²) in [5.74, 6) is 0.614. The normalized spacial score (nSPS) is 17.2. The van der Waals surface area contributed by atoms with Gasteiger partial charge in [0, 0.05) is 24.7 Å². The van der Waals surface area contributed by atoms with Gasteiger partial charge in [0.25, 0.3) is 0 Å². The van der Waals surface area contributed by atoms with E-state index in [9.17, 15) is 9.59 Å². The highest BCUT2D eigenvalue weighted by molar-refractivity contribution is 6.32. The van der Waals surface area contributed by atoms with Crippen molar-refractivity contribution in [2.75, 3.05) is 23.9 Å². The minimum Gasteiger partial charge on any atom is -0.495 e. The summed E-state index contributed by atoms with van der Waals surface area (Å²) >= 11 is 6.10. The first-order valence-electron chi connectivity index (χ1n) is 7.36. The van der Waals surface area contributed by atoms with Crippen molar-refractivity contribution >= 4 is 34.9 Å². The molecule has 0 bridgehead atoms. The molecule has 1 aromatic carbocycles. The number of amides is 2. The van der Waals surface area contributed by atoms with Crippen LogP contribution in [0.25, 0.3) is 0 Å². The number of hydrogen-bond donors (Lipinski definition) is 1. The van der Waals surface area contributed by atoms with Gasteiger partial charge >= 0.3 is 0 Å². The molecule has 0 saturated carbocycles. The summed E-state index contributed by atoms with van der Waals surface area (Å²) in [5, 5.41) is 6.79. The summed E-state index contributed by atoms with van der Waals surface area (Å²) in [6.45, 7) is 2.01. The molecule has 7 nitrogen and oxygen atoms in total. The third kappa shape index (κ3) is 3.21. The van der Waals surface area contributed by atoms with Crippen molar-refractivity contribution in [3.05, 3.63) is 35.0 Å². The highest BCUT2D eigenvalue weighted by atomic mass is 35.5. The van der Waals surface area contributed by atoms with Crippen LogP contribution in [0.3, 0.4) is 0 Å². The quantitative estimate of drug-likeness (QED) is 0.917. The molecule has 1 atom stereocenters. The van der Waals surface area contributed by atoms with Gasteiger partial charge < -0.3 is 19.5 Å². The molecule has 2 amide bonds. The number of rotatable bonds is 4. The van der Waals surface area contributed by atoms with Crippen LogP contribution in [0.4, 0.5) is 11.5 Å². The van der Waals surface area contributed by atoms with Gasteiger partial charge in [-0.1, -0.05) is 16.8 Å². The number of ether oxygens (including phenoxy) is 1. The summed E-state index contributed by atoms with van der Waals surface area (Å²) in [5.41, 5.74) is 0.637. The highest BCUT2D eigenvalue weighted by Crippen LogP contribution is 2.32. The van der Waals surface area contributed by atoms with E-state index in [2.05, 4.69) is 10.5 Å². The zero-order valence-electron chi connectivity index (χ0n) is 13.2. The van der Waals surface area contributed by atoms with Crippen molar-refractivity contribution in [2.24, 2.45) is 5.92 Å². The number of hydrogen-bond acceptors (Lipinski definition) is 5. The van der Waals surface area contributed by atoms with E-state index in [1.54, 1.807) is 36.1 Å². The Balaban J connectivity index is 1.71. The Bertz CT molecular complexity index is 789. The van der Waals surface area contributed by atoms with Gasteiger partial charge in [-0.05, 0) is 25.1 Å². The van der Waals surface area contributed by atoms with E-state index in [0.717, 1.165) is 0 Å². The molecule has 2 heterocycles. The zero-order valence-corrected chi connectivity index (χ0v) is 14.0. The minimum atomic E-state index is -0.463. The first-order chi connectivity index (χ1) is 11.5. The molecule has 1 saturated heterocycles. The second-order valence-electron chi connectivity index (χ2n) is 5.54. The molecule has 0 aliphatic carbocycles. The molecule has 1 aliphatic heterocycles. The predicted octanol–water partition coefficient (Wildman–Crippen LogP) is 2.64. The predicted molar refractivity (Wildman–Crippen MR) is 88.3 cm³/mol. The average molecular weight is 350 g/mol.